The highest BCUT2D eigenvalue weighted by molar-refractivity contribution is 7.85. The molecule has 0 fully saturated rings. The molecule has 22 heavy (non-hydrogen) atoms. The molecular formula is C12H14F3NO5S. The van der Waals surface area contributed by atoms with Crippen LogP contribution in [-0.2, 0) is 19.6 Å². The molecule has 10 heteroatoms. The molecule has 1 aromatic carbocycles. The zero-order valence-electron chi connectivity index (χ0n) is 11.2. The van der Waals surface area contributed by atoms with Gasteiger partial charge in [-0.05, 0) is 12.1 Å². The maximum absolute atomic E-state index is 12.5. The molecule has 6 nitrogen and oxygen atoms in total. The molecule has 0 aliphatic carbocycles. The first-order chi connectivity index (χ1) is 10.1. The van der Waals surface area contributed by atoms with Crippen LogP contribution in [0.1, 0.15) is 6.42 Å². The van der Waals surface area contributed by atoms with Gasteiger partial charge >= 0.3 is 12.1 Å². The Bertz CT molecular complexity index is 589. The third kappa shape index (κ3) is 7.27. The van der Waals surface area contributed by atoms with Crippen molar-refractivity contribution >= 4 is 21.8 Å². The Morgan fingerprint density at radius 3 is 2.36 bits per heavy atom. The lowest BCUT2D eigenvalue weighted by atomic mass is 10.3. The number of carbonyl (C=O) groups is 1. The van der Waals surface area contributed by atoms with Crippen molar-refractivity contribution < 1.29 is 35.7 Å². The summed E-state index contributed by atoms with van der Waals surface area (Å²) in [6.07, 6.45) is -8.38. The predicted molar refractivity (Wildman–Crippen MR) is 71.9 cm³/mol. The molecule has 0 radical (unpaired) electrons. The van der Waals surface area contributed by atoms with Gasteiger partial charge in [0.15, 0.2) is 0 Å². The topological polar surface area (TPSA) is 92.7 Å². The summed E-state index contributed by atoms with van der Waals surface area (Å²) in [5.74, 6) is -2.96. The number of hydrogen-bond donors (Lipinski definition) is 2. The van der Waals surface area contributed by atoms with Gasteiger partial charge in [0.25, 0.3) is 10.1 Å². The van der Waals surface area contributed by atoms with Gasteiger partial charge in [-0.2, -0.15) is 21.6 Å². The molecule has 0 aromatic heterocycles. The van der Waals surface area contributed by atoms with Crippen LogP contribution in [0.15, 0.2) is 30.3 Å². The Morgan fingerprint density at radius 2 is 1.86 bits per heavy atom. The number of hydrogen-bond acceptors (Lipinski definition) is 5. The summed E-state index contributed by atoms with van der Waals surface area (Å²) in [6, 6.07) is 8.62. The third-order valence-electron chi connectivity index (χ3n) is 2.43. The number of alkyl halides is 3. The van der Waals surface area contributed by atoms with E-state index in [1.54, 1.807) is 30.3 Å². The minimum absolute atomic E-state index is 0.0132. The molecule has 1 atom stereocenters. The first kappa shape index (κ1) is 18.2. The third-order valence-corrected chi connectivity index (χ3v) is 3.16. The van der Waals surface area contributed by atoms with Crippen molar-refractivity contribution in [2.75, 3.05) is 17.6 Å². The Morgan fingerprint density at radius 1 is 1.27 bits per heavy atom. The molecule has 0 amide bonds. The average molecular weight is 341 g/mol. The molecule has 2 N–H and O–H groups in total. The fourth-order valence-electron chi connectivity index (χ4n) is 1.47. The fourth-order valence-corrected chi connectivity index (χ4v) is 2.11. The summed E-state index contributed by atoms with van der Waals surface area (Å²) in [5, 5.41) is 2.79. The Kier molecular flexibility index (Phi) is 6.18. The highest BCUT2D eigenvalue weighted by Crippen LogP contribution is 2.24. The molecule has 0 heterocycles. The molecule has 1 rings (SSSR count). The van der Waals surface area contributed by atoms with E-state index in [0.717, 1.165) is 0 Å². The van der Waals surface area contributed by atoms with Crippen LogP contribution < -0.4 is 5.32 Å². The molecule has 0 bridgehead atoms. The van der Waals surface area contributed by atoms with Crippen LogP contribution in [0, 0.1) is 0 Å². The molecule has 1 aromatic rings. The second kappa shape index (κ2) is 7.45. The van der Waals surface area contributed by atoms with Crippen molar-refractivity contribution in [3.05, 3.63) is 30.3 Å². The molecule has 0 saturated heterocycles. The van der Waals surface area contributed by atoms with Crippen molar-refractivity contribution in [1.82, 2.24) is 0 Å². The number of anilines is 1. The number of ether oxygens (including phenoxy) is 1. The van der Waals surface area contributed by atoms with Gasteiger partial charge in [-0.3, -0.25) is 9.35 Å². The van der Waals surface area contributed by atoms with Crippen LogP contribution in [0.5, 0.6) is 0 Å². The van der Waals surface area contributed by atoms with E-state index >= 15 is 0 Å². The minimum atomic E-state index is -5.09. The fraction of sp³-hybridized carbons (Fsp3) is 0.417. The molecule has 0 aliphatic heterocycles. The first-order valence-corrected chi connectivity index (χ1v) is 7.69. The standard InChI is InChI=1S/C12H14F3NO5S/c13-12(14,15)10(8-22(18,19)20)21-11(17)6-7-16-9-4-2-1-3-5-9/h1-5,10,16H,6-8H2,(H,18,19,20). The van der Waals surface area contributed by atoms with E-state index in [1.807, 2.05) is 0 Å². The van der Waals surface area contributed by atoms with Crippen LogP contribution in [-0.4, -0.2) is 43.5 Å². The molecule has 0 saturated carbocycles. The summed E-state index contributed by atoms with van der Waals surface area (Å²) in [5.41, 5.74) is 0.667. The van der Waals surface area contributed by atoms with E-state index in [9.17, 15) is 26.4 Å². The number of para-hydroxylation sites is 1. The van der Waals surface area contributed by atoms with Gasteiger partial charge in [-0.25, -0.2) is 0 Å². The van der Waals surface area contributed by atoms with Gasteiger partial charge in [0.05, 0.1) is 6.42 Å². The zero-order valence-corrected chi connectivity index (χ0v) is 12.0. The largest absolute Gasteiger partial charge is 0.451 e. The van der Waals surface area contributed by atoms with E-state index in [0.29, 0.717) is 5.69 Å². The Hall–Kier alpha value is -1.81. The molecule has 1 unspecified atom stereocenters. The van der Waals surface area contributed by atoms with Gasteiger partial charge in [-0.1, -0.05) is 18.2 Å². The number of esters is 1. The maximum Gasteiger partial charge on any atom is 0.426 e. The van der Waals surface area contributed by atoms with Gasteiger partial charge in [0, 0.05) is 12.2 Å². The van der Waals surface area contributed by atoms with Gasteiger partial charge < -0.3 is 10.1 Å². The van der Waals surface area contributed by atoms with Crippen LogP contribution in [0.25, 0.3) is 0 Å². The van der Waals surface area contributed by atoms with Crippen molar-refractivity contribution in [2.45, 2.75) is 18.7 Å². The lowest BCUT2D eigenvalue weighted by Crippen LogP contribution is -2.39. The number of rotatable bonds is 7. The quantitative estimate of drug-likeness (QED) is 0.581. The van der Waals surface area contributed by atoms with E-state index in [2.05, 4.69) is 10.1 Å². The second-order valence-electron chi connectivity index (χ2n) is 4.31. The number of nitrogens with one attached hydrogen (secondary N) is 1. The molecule has 0 spiro atoms. The SMILES string of the molecule is O=C(CCNc1ccccc1)OC(CS(=O)(=O)O)C(F)(F)F. The maximum atomic E-state index is 12.5. The highest BCUT2D eigenvalue weighted by Gasteiger charge is 2.45. The van der Waals surface area contributed by atoms with Crippen molar-refractivity contribution in [3.8, 4) is 0 Å². The van der Waals surface area contributed by atoms with Gasteiger partial charge in [0.2, 0.25) is 6.10 Å². The summed E-state index contributed by atoms with van der Waals surface area (Å²) in [7, 11) is -4.93. The Balaban J connectivity index is 2.50. The molecular weight excluding hydrogens is 327 g/mol. The lowest BCUT2D eigenvalue weighted by Gasteiger charge is -2.19. The van der Waals surface area contributed by atoms with Gasteiger partial charge in [-0.15, -0.1) is 0 Å². The number of halogens is 3. The predicted octanol–water partition coefficient (Wildman–Crippen LogP) is 1.85. The van der Waals surface area contributed by atoms with Crippen LogP contribution in [0.3, 0.4) is 0 Å². The summed E-state index contributed by atoms with van der Waals surface area (Å²) < 4.78 is 71.2. The minimum Gasteiger partial charge on any atom is -0.451 e. The van der Waals surface area contributed by atoms with Crippen LogP contribution in [0.2, 0.25) is 0 Å². The summed E-state index contributed by atoms with van der Waals surface area (Å²) in [6.45, 7) is 0.0132. The van der Waals surface area contributed by atoms with E-state index in [1.165, 1.54) is 0 Å². The molecule has 0 aliphatic rings. The number of carbonyl (C=O) groups excluding carboxylic acids is 1. The van der Waals surface area contributed by atoms with Gasteiger partial charge in [0.1, 0.15) is 5.75 Å². The summed E-state index contributed by atoms with van der Waals surface area (Å²) >= 11 is 0. The molecule has 124 valence electrons. The zero-order chi connectivity index (χ0) is 16.8. The van der Waals surface area contributed by atoms with Crippen molar-refractivity contribution in [3.63, 3.8) is 0 Å². The number of benzene rings is 1. The smallest absolute Gasteiger partial charge is 0.426 e. The lowest BCUT2D eigenvalue weighted by molar-refractivity contribution is -0.215. The Labute approximate surface area is 125 Å². The second-order valence-corrected chi connectivity index (χ2v) is 5.81. The highest BCUT2D eigenvalue weighted by atomic mass is 32.2. The van der Waals surface area contributed by atoms with Crippen molar-refractivity contribution in [2.24, 2.45) is 0 Å². The van der Waals surface area contributed by atoms with E-state index < -0.39 is 40.5 Å². The normalized spacial score (nSPS) is 13.5. The first-order valence-electron chi connectivity index (χ1n) is 6.08. The van der Waals surface area contributed by atoms with E-state index in [-0.39, 0.29) is 6.54 Å². The van der Waals surface area contributed by atoms with Crippen LogP contribution >= 0.6 is 0 Å². The average Bonchev–Trinajstić information content (AvgIpc) is 2.36. The van der Waals surface area contributed by atoms with Crippen molar-refractivity contribution in [1.29, 1.82) is 0 Å². The summed E-state index contributed by atoms with van der Waals surface area (Å²) in [4.78, 5) is 11.3. The monoisotopic (exact) mass is 341 g/mol. The van der Waals surface area contributed by atoms with E-state index in [4.69, 9.17) is 4.55 Å². The van der Waals surface area contributed by atoms with Crippen LogP contribution in [0.4, 0.5) is 18.9 Å².